The van der Waals surface area contributed by atoms with Crippen LogP contribution in [0.1, 0.15) is 32.0 Å². The molecule has 3 nitrogen and oxygen atoms in total. The zero-order chi connectivity index (χ0) is 11.2. The number of aromatic nitrogens is 2. The van der Waals surface area contributed by atoms with Crippen LogP contribution in [0.5, 0.6) is 0 Å². The smallest absolute Gasteiger partial charge is 0.368 e. The van der Waals surface area contributed by atoms with E-state index in [9.17, 15) is 13.2 Å². The van der Waals surface area contributed by atoms with Crippen LogP contribution < -0.4 is 5.32 Å². The number of nitrogens with one attached hydrogen (secondary N) is 1. The predicted molar refractivity (Wildman–Crippen MR) is 49.6 cm³/mol. The second-order valence-electron chi connectivity index (χ2n) is 3.99. The van der Waals surface area contributed by atoms with Gasteiger partial charge in [-0.2, -0.15) is 18.3 Å². The Morgan fingerprint density at radius 3 is 2.73 bits per heavy atom. The summed E-state index contributed by atoms with van der Waals surface area (Å²) in [6.07, 6.45) is -3.58. The summed E-state index contributed by atoms with van der Waals surface area (Å²) in [5, 5.41) is 6.55. The number of halogens is 3. The molecular formula is C9H12F3N3. The molecule has 15 heavy (non-hydrogen) atoms. The third-order valence-electron chi connectivity index (χ3n) is 2.53. The lowest BCUT2D eigenvalue weighted by Gasteiger charge is -2.27. The number of alkyl halides is 3. The summed E-state index contributed by atoms with van der Waals surface area (Å²) in [5.41, 5.74) is -0.828. The minimum Gasteiger partial charge on any atom is -0.368 e. The van der Waals surface area contributed by atoms with Crippen LogP contribution in [0.25, 0.3) is 0 Å². The summed E-state index contributed by atoms with van der Waals surface area (Å²) in [4.78, 5) is 0. The number of hydrogen-bond acceptors (Lipinski definition) is 2. The first kappa shape index (κ1) is 10.3. The van der Waals surface area contributed by atoms with Crippen LogP contribution in [-0.2, 0) is 6.18 Å². The molecule has 0 amide bonds. The zero-order valence-electron chi connectivity index (χ0n) is 8.47. The number of anilines is 1. The van der Waals surface area contributed by atoms with E-state index in [0.29, 0.717) is 5.82 Å². The van der Waals surface area contributed by atoms with Crippen molar-refractivity contribution in [2.45, 2.75) is 38.5 Å². The van der Waals surface area contributed by atoms with Crippen molar-refractivity contribution >= 4 is 5.82 Å². The summed E-state index contributed by atoms with van der Waals surface area (Å²) in [6, 6.07) is 1.25. The van der Waals surface area contributed by atoms with Crippen LogP contribution in [0, 0.1) is 0 Å². The topological polar surface area (TPSA) is 29.9 Å². The molecule has 1 aliphatic heterocycles. The van der Waals surface area contributed by atoms with E-state index in [1.807, 2.05) is 13.8 Å². The fourth-order valence-corrected chi connectivity index (χ4v) is 1.90. The Kier molecular flexibility index (Phi) is 2.17. The molecule has 0 radical (unpaired) electrons. The molecule has 1 aromatic rings. The molecule has 2 atom stereocenters. The molecule has 1 N–H and O–H groups in total. The Balaban J connectivity index is 2.39. The van der Waals surface area contributed by atoms with Crippen molar-refractivity contribution < 1.29 is 13.2 Å². The van der Waals surface area contributed by atoms with E-state index in [4.69, 9.17) is 0 Å². The second-order valence-corrected chi connectivity index (χ2v) is 3.99. The van der Waals surface area contributed by atoms with Crippen molar-refractivity contribution in [1.29, 1.82) is 0 Å². The molecule has 6 heteroatoms. The van der Waals surface area contributed by atoms with Crippen LogP contribution in [0.4, 0.5) is 19.0 Å². The summed E-state index contributed by atoms with van der Waals surface area (Å²) in [5.74, 6) is 0.452. The van der Waals surface area contributed by atoms with E-state index in [1.54, 1.807) is 0 Å². The maximum atomic E-state index is 12.4. The van der Waals surface area contributed by atoms with Crippen molar-refractivity contribution in [3.63, 3.8) is 0 Å². The van der Waals surface area contributed by atoms with Crippen molar-refractivity contribution in [1.82, 2.24) is 9.78 Å². The van der Waals surface area contributed by atoms with Gasteiger partial charge in [0, 0.05) is 12.1 Å². The number of hydrogen-bond donors (Lipinski definition) is 1. The van der Waals surface area contributed by atoms with Gasteiger partial charge in [0.05, 0.1) is 6.04 Å². The van der Waals surface area contributed by atoms with Gasteiger partial charge in [-0.15, -0.1) is 0 Å². The highest BCUT2D eigenvalue weighted by Crippen LogP contribution is 2.34. The molecule has 0 spiro atoms. The molecule has 1 aromatic heterocycles. The predicted octanol–water partition coefficient (Wildman–Crippen LogP) is 2.67. The normalized spacial score (nSPS) is 25.9. The summed E-state index contributed by atoms with van der Waals surface area (Å²) in [7, 11) is 0. The van der Waals surface area contributed by atoms with Crippen LogP contribution >= 0.6 is 0 Å². The molecule has 0 saturated carbocycles. The zero-order valence-corrected chi connectivity index (χ0v) is 8.47. The third kappa shape index (κ3) is 1.80. The van der Waals surface area contributed by atoms with E-state index < -0.39 is 11.9 Å². The first-order valence-corrected chi connectivity index (χ1v) is 4.81. The Hall–Kier alpha value is -1.20. The van der Waals surface area contributed by atoms with Gasteiger partial charge >= 0.3 is 6.18 Å². The second kappa shape index (κ2) is 3.15. The molecule has 0 bridgehead atoms. The van der Waals surface area contributed by atoms with Gasteiger partial charge in [-0.1, -0.05) is 0 Å². The van der Waals surface area contributed by atoms with Crippen LogP contribution in [0.2, 0.25) is 0 Å². The molecule has 2 unspecified atom stereocenters. The summed E-state index contributed by atoms with van der Waals surface area (Å²) in [6.45, 7) is 3.81. The highest BCUT2D eigenvalue weighted by atomic mass is 19.4. The average Bonchev–Trinajstić information content (AvgIpc) is 2.46. The molecule has 0 aromatic carbocycles. The first-order chi connectivity index (χ1) is 6.88. The van der Waals surface area contributed by atoms with Gasteiger partial charge < -0.3 is 5.32 Å². The Morgan fingerprint density at radius 1 is 1.47 bits per heavy atom. The lowest BCUT2D eigenvalue weighted by molar-refractivity contribution is -0.141. The van der Waals surface area contributed by atoms with E-state index in [2.05, 4.69) is 10.4 Å². The van der Waals surface area contributed by atoms with Gasteiger partial charge in [0.2, 0.25) is 0 Å². The Morgan fingerprint density at radius 2 is 2.13 bits per heavy atom. The SMILES string of the molecule is CC1CC(C)n2nc(C(F)(F)F)cc2N1. The number of nitrogens with zero attached hydrogens (tertiary/aromatic N) is 2. The highest BCUT2D eigenvalue weighted by molar-refractivity contribution is 5.41. The molecule has 84 valence electrons. The van der Waals surface area contributed by atoms with Crippen molar-refractivity contribution in [2.24, 2.45) is 0 Å². The van der Waals surface area contributed by atoms with Gasteiger partial charge in [0.1, 0.15) is 5.82 Å². The lowest BCUT2D eigenvalue weighted by atomic mass is 10.1. The standard InChI is InChI=1S/C9H12F3N3/c1-5-3-6(2)15-8(13-5)4-7(14-15)9(10,11)12/h4-6,13H,3H2,1-2H3. The summed E-state index contributed by atoms with van der Waals surface area (Å²) >= 11 is 0. The highest BCUT2D eigenvalue weighted by Gasteiger charge is 2.36. The van der Waals surface area contributed by atoms with Gasteiger partial charge in [0.25, 0.3) is 0 Å². The van der Waals surface area contributed by atoms with Gasteiger partial charge in [0.15, 0.2) is 5.69 Å². The minimum absolute atomic E-state index is 0.00681. The van der Waals surface area contributed by atoms with Crippen LogP contribution in [0.15, 0.2) is 6.07 Å². The van der Waals surface area contributed by atoms with Gasteiger partial charge in [-0.25, -0.2) is 4.68 Å². The molecule has 0 fully saturated rings. The largest absolute Gasteiger partial charge is 0.435 e. The van der Waals surface area contributed by atoms with Crippen LogP contribution in [-0.4, -0.2) is 15.8 Å². The Labute approximate surface area is 85.3 Å². The van der Waals surface area contributed by atoms with E-state index in [-0.39, 0.29) is 12.1 Å². The van der Waals surface area contributed by atoms with E-state index in [1.165, 1.54) is 4.68 Å². The quantitative estimate of drug-likeness (QED) is 0.727. The number of fused-ring (bicyclic) bond motifs is 1. The van der Waals surface area contributed by atoms with E-state index >= 15 is 0 Å². The molecule has 1 aliphatic rings. The molecule has 2 heterocycles. The molecule has 0 saturated heterocycles. The van der Waals surface area contributed by atoms with Crippen molar-refractivity contribution in [3.8, 4) is 0 Å². The maximum Gasteiger partial charge on any atom is 0.435 e. The average molecular weight is 219 g/mol. The first-order valence-electron chi connectivity index (χ1n) is 4.81. The van der Waals surface area contributed by atoms with Gasteiger partial charge in [-0.3, -0.25) is 0 Å². The fraction of sp³-hybridized carbons (Fsp3) is 0.667. The minimum atomic E-state index is -4.37. The van der Waals surface area contributed by atoms with E-state index in [0.717, 1.165) is 12.5 Å². The molecular weight excluding hydrogens is 207 g/mol. The molecule has 0 aliphatic carbocycles. The fourth-order valence-electron chi connectivity index (χ4n) is 1.90. The third-order valence-corrected chi connectivity index (χ3v) is 2.53. The van der Waals surface area contributed by atoms with Crippen LogP contribution in [0.3, 0.4) is 0 Å². The monoisotopic (exact) mass is 219 g/mol. The molecule has 2 rings (SSSR count). The summed E-state index contributed by atoms with van der Waals surface area (Å²) < 4.78 is 38.6. The lowest BCUT2D eigenvalue weighted by Crippen LogP contribution is -2.28. The Bertz CT molecular complexity index is 369. The van der Waals surface area contributed by atoms with Crippen molar-refractivity contribution in [3.05, 3.63) is 11.8 Å². The van der Waals surface area contributed by atoms with Crippen molar-refractivity contribution in [2.75, 3.05) is 5.32 Å². The maximum absolute atomic E-state index is 12.4. The number of rotatable bonds is 0. The van der Waals surface area contributed by atoms with Gasteiger partial charge in [-0.05, 0) is 20.3 Å².